The van der Waals surface area contributed by atoms with Gasteiger partial charge in [-0.2, -0.15) is 4.57 Å². The van der Waals surface area contributed by atoms with Crippen molar-refractivity contribution in [2.45, 2.75) is 65.7 Å². The summed E-state index contributed by atoms with van der Waals surface area (Å²) in [5, 5.41) is 1.45. The topological polar surface area (TPSA) is 3.88 Å². The van der Waals surface area contributed by atoms with Crippen LogP contribution in [0.2, 0.25) is 0 Å². The Bertz CT molecular complexity index is 1010. The fourth-order valence-corrected chi connectivity index (χ4v) is 4.94. The number of pyridine rings is 1. The van der Waals surface area contributed by atoms with E-state index in [4.69, 9.17) is 0 Å². The van der Waals surface area contributed by atoms with Gasteiger partial charge in [-0.25, -0.2) is 0 Å². The van der Waals surface area contributed by atoms with Crippen molar-refractivity contribution in [3.8, 4) is 11.3 Å². The first-order valence-electron chi connectivity index (χ1n) is 10.5. The maximum atomic E-state index is 2.51. The van der Waals surface area contributed by atoms with E-state index in [1.165, 1.54) is 76.5 Å². The molecule has 27 heavy (non-hydrogen) atoms. The Labute approximate surface area is 164 Å². The van der Waals surface area contributed by atoms with Gasteiger partial charge in [-0.05, 0) is 75.3 Å². The third-order valence-corrected chi connectivity index (χ3v) is 6.61. The predicted molar refractivity (Wildman–Crippen MR) is 115 cm³/mol. The summed E-state index contributed by atoms with van der Waals surface area (Å²) >= 11 is 0. The van der Waals surface area contributed by atoms with Gasteiger partial charge in [0.05, 0.1) is 5.39 Å². The summed E-state index contributed by atoms with van der Waals surface area (Å²) in [5.41, 5.74) is 11.2. The van der Waals surface area contributed by atoms with Crippen LogP contribution in [0.3, 0.4) is 0 Å². The van der Waals surface area contributed by atoms with Crippen molar-refractivity contribution in [2.24, 2.45) is 7.05 Å². The maximum Gasteiger partial charge on any atom is 0.213 e. The molecule has 0 radical (unpaired) electrons. The van der Waals surface area contributed by atoms with Crippen LogP contribution in [0.5, 0.6) is 0 Å². The highest BCUT2D eigenvalue weighted by Gasteiger charge is 2.25. The van der Waals surface area contributed by atoms with Gasteiger partial charge in [0.1, 0.15) is 7.05 Å². The van der Waals surface area contributed by atoms with Crippen LogP contribution < -0.4 is 4.57 Å². The Morgan fingerprint density at radius 1 is 0.815 bits per heavy atom. The molecule has 0 amide bonds. The first-order valence-corrected chi connectivity index (χ1v) is 10.5. The largest absolute Gasteiger partial charge is 0.213 e. The van der Waals surface area contributed by atoms with Crippen molar-refractivity contribution in [2.75, 3.05) is 0 Å². The minimum absolute atomic E-state index is 0.703. The molecule has 0 atom stereocenters. The van der Waals surface area contributed by atoms with Gasteiger partial charge in [0.25, 0.3) is 0 Å². The molecule has 1 heteroatoms. The van der Waals surface area contributed by atoms with Crippen molar-refractivity contribution < 1.29 is 4.57 Å². The summed E-state index contributed by atoms with van der Waals surface area (Å²) < 4.78 is 2.41. The van der Waals surface area contributed by atoms with Crippen molar-refractivity contribution in [1.29, 1.82) is 0 Å². The molecule has 1 aromatic heterocycles. The predicted octanol–water partition coefficient (Wildman–Crippen LogP) is 6.61. The Morgan fingerprint density at radius 3 is 2.30 bits per heavy atom. The Hall–Kier alpha value is -2.15. The summed E-state index contributed by atoms with van der Waals surface area (Å²) in [5.74, 6) is 0.703. The minimum Gasteiger partial charge on any atom is -0.194 e. The number of benzene rings is 2. The van der Waals surface area contributed by atoms with Gasteiger partial charge in [-0.3, -0.25) is 0 Å². The van der Waals surface area contributed by atoms with Gasteiger partial charge >= 0.3 is 0 Å². The monoisotopic (exact) mass is 358 g/mol. The number of aromatic nitrogens is 1. The van der Waals surface area contributed by atoms with Crippen LogP contribution in [0.25, 0.3) is 22.2 Å². The van der Waals surface area contributed by atoms with Crippen LogP contribution in [-0.4, -0.2) is 0 Å². The van der Waals surface area contributed by atoms with E-state index >= 15 is 0 Å². The van der Waals surface area contributed by atoms with Gasteiger partial charge in [0, 0.05) is 17.7 Å². The molecule has 0 saturated heterocycles. The van der Waals surface area contributed by atoms with E-state index in [-0.39, 0.29) is 0 Å². The molecule has 1 nitrogen and oxygen atoms in total. The molecule has 1 saturated carbocycles. The van der Waals surface area contributed by atoms with Crippen molar-refractivity contribution >= 4 is 10.9 Å². The molecular weight excluding hydrogens is 326 g/mol. The van der Waals surface area contributed by atoms with Crippen LogP contribution >= 0.6 is 0 Å². The molecule has 140 valence electrons. The first-order chi connectivity index (χ1) is 13.0. The van der Waals surface area contributed by atoms with Gasteiger partial charge in [0.2, 0.25) is 11.2 Å². The molecule has 4 rings (SSSR count). The average molecular weight is 359 g/mol. The number of rotatable bonds is 2. The molecule has 0 bridgehead atoms. The second-order valence-corrected chi connectivity index (χ2v) is 8.65. The Balaban J connectivity index is 2.02. The fraction of sp³-hybridized carbons (Fsp3) is 0.423. The van der Waals surface area contributed by atoms with Crippen LogP contribution in [0, 0.1) is 27.7 Å². The second-order valence-electron chi connectivity index (χ2n) is 8.65. The van der Waals surface area contributed by atoms with Gasteiger partial charge < -0.3 is 0 Å². The van der Waals surface area contributed by atoms with Gasteiger partial charge in [-0.1, -0.05) is 42.5 Å². The highest BCUT2D eigenvalue weighted by atomic mass is 14.9. The summed E-state index contributed by atoms with van der Waals surface area (Å²) in [6.07, 6.45) is 6.81. The summed E-state index contributed by atoms with van der Waals surface area (Å²) in [6, 6.07) is 14.1. The van der Waals surface area contributed by atoms with E-state index in [9.17, 15) is 0 Å². The van der Waals surface area contributed by atoms with Crippen LogP contribution in [-0.2, 0) is 7.05 Å². The van der Waals surface area contributed by atoms with Crippen LogP contribution in [0.4, 0.5) is 0 Å². The van der Waals surface area contributed by atoms with E-state index in [0.717, 1.165) is 0 Å². The highest BCUT2D eigenvalue weighted by Crippen LogP contribution is 2.38. The van der Waals surface area contributed by atoms with E-state index < -0.39 is 0 Å². The molecule has 1 heterocycles. The number of hydrogen-bond acceptors (Lipinski definition) is 0. The normalized spacial score (nSPS) is 15.4. The van der Waals surface area contributed by atoms with Crippen molar-refractivity contribution in [3.05, 3.63) is 64.2 Å². The van der Waals surface area contributed by atoms with Crippen molar-refractivity contribution in [3.63, 3.8) is 0 Å². The molecule has 3 aromatic rings. The zero-order valence-electron chi connectivity index (χ0n) is 17.5. The summed E-state index contributed by atoms with van der Waals surface area (Å²) in [6.45, 7) is 8.93. The third kappa shape index (κ3) is 3.29. The van der Waals surface area contributed by atoms with Gasteiger partial charge in [-0.15, -0.1) is 0 Å². The SMILES string of the molecule is Cc1cc(C)c(C)c(-c2cc(C3CCCCC3)c3cc(C)ccc3[n+]2C)c1. The Morgan fingerprint density at radius 2 is 1.56 bits per heavy atom. The smallest absolute Gasteiger partial charge is 0.194 e. The lowest BCUT2D eigenvalue weighted by atomic mass is 9.81. The lowest BCUT2D eigenvalue weighted by Crippen LogP contribution is -2.33. The summed E-state index contributed by atoms with van der Waals surface area (Å²) in [4.78, 5) is 0. The zero-order valence-corrected chi connectivity index (χ0v) is 17.5. The number of aryl methyl sites for hydroxylation is 4. The molecular formula is C26H32N+. The number of nitrogens with zero attached hydrogens (tertiary/aromatic N) is 1. The molecule has 1 aliphatic carbocycles. The summed E-state index contributed by atoms with van der Waals surface area (Å²) in [7, 11) is 2.23. The van der Waals surface area contributed by atoms with Crippen LogP contribution in [0.15, 0.2) is 36.4 Å². The number of fused-ring (bicyclic) bond motifs is 1. The molecule has 2 aromatic carbocycles. The minimum atomic E-state index is 0.703. The van der Waals surface area contributed by atoms with E-state index in [1.54, 1.807) is 5.56 Å². The second kappa shape index (κ2) is 7.11. The van der Waals surface area contributed by atoms with Crippen LogP contribution in [0.1, 0.15) is 65.8 Å². The molecule has 0 N–H and O–H groups in total. The van der Waals surface area contributed by atoms with Crippen molar-refractivity contribution in [1.82, 2.24) is 0 Å². The standard InChI is InChI=1S/C26H32N/c1-17-11-12-25-24(14-17)23(21-9-7-6-8-10-21)16-26(27(25)5)22-15-18(2)13-19(3)20(22)4/h11-16,21H,6-10H2,1-5H3/q+1. The molecule has 0 spiro atoms. The van der Waals surface area contributed by atoms with Gasteiger partial charge in [0.15, 0.2) is 0 Å². The maximum absolute atomic E-state index is 2.51. The van der Waals surface area contributed by atoms with E-state index in [2.05, 4.69) is 75.7 Å². The lowest BCUT2D eigenvalue weighted by molar-refractivity contribution is -0.633. The first kappa shape index (κ1) is 18.2. The van der Waals surface area contributed by atoms with E-state index in [0.29, 0.717) is 5.92 Å². The third-order valence-electron chi connectivity index (χ3n) is 6.61. The molecule has 1 aliphatic rings. The number of hydrogen-bond donors (Lipinski definition) is 0. The quantitative estimate of drug-likeness (QED) is 0.454. The lowest BCUT2D eigenvalue weighted by Gasteiger charge is -2.24. The zero-order chi connectivity index (χ0) is 19.1. The molecule has 0 unspecified atom stereocenters. The highest BCUT2D eigenvalue weighted by molar-refractivity contribution is 5.83. The van der Waals surface area contributed by atoms with E-state index in [1.807, 2.05) is 0 Å². The fourth-order valence-electron chi connectivity index (χ4n) is 4.94. The molecule has 0 aliphatic heterocycles. The average Bonchev–Trinajstić information content (AvgIpc) is 2.66. The Kier molecular flexibility index (Phi) is 4.80. The molecule has 1 fully saturated rings.